The molecular formula is C15H24BrN3O. The first-order chi connectivity index (χ1) is 9.50. The van der Waals surface area contributed by atoms with Crippen LogP contribution in [-0.2, 0) is 18.3 Å². The normalized spacial score (nSPS) is 18.8. The minimum absolute atomic E-state index is 0.283. The summed E-state index contributed by atoms with van der Waals surface area (Å²) in [5.41, 5.74) is 7.57. The lowest BCUT2D eigenvalue weighted by molar-refractivity contribution is -0.128. The Hall–Kier alpha value is -0.680. The minimum Gasteiger partial charge on any atom is -0.329 e. The average Bonchev–Trinajstić information content (AvgIpc) is 2.66. The van der Waals surface area contributed by atoms with Gasteiger partial charge >= 0.3 is 0 Å². The predicted molar refractivity (Wildman–Crippen MR) is 83.5 cm³/mol. The van der Waals surface area contributed by atoms with Crippen molar-refractivity contribution in [2.24, 2.45) is 18.2 Å². The first-order valence-corrected chi connectivity index (χ1v) is 8.21. The minimum atomic E-state index is -0.311. The van der Waals surface area contributed by atoms with Gasteiger partial charge in [0.05, 0.1) is 22.3 Å². The summed E-state index contributed by atoms with van der Waals surface area (Å²) in [6.07, 6.45) is 7.00. The van der Waals surface area contributed by atoms with E-state index in [-0.39, 0.29) is 11.2 Å². The molecule has 0 bridgehead atoms. The highest BCUT2D eigenvalue weighted by Gasteiger charge is 2.37. The topological polar surface area (TPSA) is 60.9 Å². The lowest BCUT2D eigenvalue weighted by Crippen LogP contribution is -2.39. The second kappa shape index (κ2) is 6.39. The van der Waals surface area contributed by atoms with E-state index in [2.05, 4.69) is 21.0 Å². The van der Waals surface area contributed by atoms with Gasteiger partial charge in [0.15, 0.2) is 0 Å². The van der Waals surface area contributed by atoms with Gasteiger partial charge in [0, 0.05) is 19.0 Å². The summed E-state index contributed by atoms with van der Waals surface area (Å²) in [6, 6.07) is 0. The lowest BCUT2D eigenvalue weighted by atomic mass is 9.75. The number of halogens is 1. The lowest BCUT2D eigenvalue weighted by Gasteiger charge is -2.29. The van der Waals surface area contributed by atoms with Gasteiger partial charge in [-0.3, -0.25) is 9.48 Å². The summed E-state index contributed by atoms with van der Waals surface area (Å²) in [6.45, 7) is 2.42. The number of nitrogens with zero attached hydrogens (tertiary/aromatic N) is 2. The molecule has 5 heteroatoms. The van der Waals surface area contributed by atoms with Crippen LogP contribution in [0.3, 0.4) is 0 Å². The molecule has 2 N–H and O–H groups in total. The van der Waals surface area contributed by atoms with Gasteiger partial charge in [0.25, 0.3) is 0 Å². The molecule has 1 aliphatic rings. The summed E-state index contributed by atoms with van der Waals surface area (Å²) < 4.78 is 2.76. The number of rotatable bonds is 4. The third kappa shape index (κ3) is 2.98. The van der Waals surface area contributed by atoms with Gasteiger partial charge in [0.1, 0.15) is 5.78 Å². The largest absolute Gasteiger partial charge is 0.329 e. The molecule has 112 valence electrons. The van der Waals surface area contributed by atoms with E-state index in [1.807, 2.05) is 14.0 Å². The van der Waals surface area contributed by atoms with E-state index < -0.39 is 0 Å². The highest BCUT2D eigenvalue weighted by atomic mass is 79.9. The molecule has 1 aliphatic carbocycles. The highest BCUT2D eigenvalue weighted by Crippen LogP contribution is 2.36. The van der Waals surface area contributed by atoms with Crippen molar-refractivity contribution in [3.8, 4) is 0 Å². The SMILES string of the molecule is Cc1nn(C)c(CC(=O)C2(CN)CCCCCC2)c1Br. The maximum Gasteiger partial charge on any atom is 0.146 e. The summed E-state index contributed by atoms with van der Waals surface area (Å²) in [5, 5.41) is 4.36. The number of hydrogen-bond acceptors (Lipinski definition) is 3. The third-order valence-corrected chi connectivity index (χ3v) is 5.66. The second-order valence-electron chi connectivity index (χ2n) is 5.97. The van der Waals surface area contributed by atoms with Gasteiger partial charge in [-0.15, -0.1) is 0 Å². The van der Waals surface area contributed by atoms with Crippen LogP contribution in [0, 0.1) is 12.3 Å². The average molecular weight is 342 g/mol. The summed E-state index contributed by atoms with van der Waals surface area (Å²) in [7, 11) is 1.89. The molecule has 0 aliphatic heterocycles. The standard InChI is InChI=1S/C15H24BrN3O/c1-11-14(16)12(19(2)18-11)9-13(20)15(10-17)7-5-3-4-6-8-15/h3-10,17H2,1-2H3. The summed E-state index contributed by atoms with van der Waals surface area (Å²) in [4.78, 5) is 12.8. The zero-order valence-electron chi connectivity index (χ0n) is 12.4. The molecule has 4 nitrogen and oxygen atoms in total. The van der Waals surface area contributed by atoms with E-state index >= 15 is 0 Å². The number of Topliss-reactive ketones (excluding diaryl/α,β-unsaturated/α-hetero) is 1. The Bertz CT molecular complexity index is 488. The maximum absolute atomic E-state index is 12.8. The molecule has 1 heterocycles. The van der Waals surface area contributed by atoms with Crippen LogP contribution < -0.4 is 5.73 Å². The monoisotopic (exact) mass is 341 g/mol. The fourth-order valence-electron chi connectivity index (χ4n) is 3.21. The van der Waals surface area contributed by atoms with Crippen molar-refractivity contribution < 1.29 is 4.79 Å². The molecular weight excluding hydrogens is 318 g/mol. The van der Waals surface area contributed by atoms with Crippen molar-refractivity contribution >= 4 is 21.7 Å². The molecule has 0 unspecified atom stereocenters. The van der Waals surface area contributed by atoms with Crippen molar-refractivity contribution in [1.82, 2.24) is 9.78 Å². The number of carbonyl (C=O) groups excluding carboxylic acids is 1. The zero-order chi connectivity index (χ0) is 14.8. The fourth-order valence-corrected chi connectivity index (χ4v) is 3.69. The molecule has 0 saturated heterocycles. The van der Waals surface area contributed by atoms with Crippen molar-refractivity contribution in [2.45, 2.75) is 51.9 Å². The van der Waals surface area contributed by atoms with Gasteiger partial charge in [-0.1, -0.05) is 25.7 Å². The Balaban J connectivity index is 2.20. The molecule has 0 spiro atoms. The Morgan fingerprint density at radius 3 is 2.40 bits per heavy atom. The molecule has 1 fully saturated rings. The van der Waals surface area contributed by atoms with Crippen LogP contribution in [0.25, 0.3) is 0 Å². The van der Waals surface area contributed by atoms with E-state index in [4.69, 9.17) is 5.73 Å². The van der Waals surface area contributed by atoms with E-state index in [0.29, 0.717) is 13.0 Å². The molecule has 0 amide bonds. The van der Waals surface area contributed by atoms with Gasteiger partial charge in [-0.25, -0.2) is 0 Å². The number of carbonyl (C=O) groups is 1. The van der Waals surface area contributed by atoms with Gasteiger partial charge in [-0.2, -0.15) is 5.10 Å². The molecule has 0 radical (unpaired) electrons. The maximum atomic E-state index is 12.8. The van der Waals surface area contributed by atoms with Crippen LogP contribution in [-0.4, -0.2) is 22.1 Å². The molecule has 0 atom stereocenters. The van der Waals surface area contributed by atoms with Crippen LogP contribution in [0.2, 0.25) is 0 Å². The third-order valence-electron chi connectivity index (χ3n) is 4.63. The van der Waals surface area contributed by atoms with Crippen molar-refractivity contribution in [3.63, 3.8) is 0 Å². The van der Waals surface area contributed by atoms with E-state index in [9.17, 15) is 4.79 Å². The van der Waals surface area contributed by atoms with E-state index in [0.717, 1.165) is 41.5 Å². The first kappa shape index (κ1) is 15.7. The zero-order valence-corrected chi connectivity index (χ0v) is 14.0. The van der Waals surface area contributed by atoms with E-state index in [1.54, 1.807) is 4.68 Å². The van der Waals surface area contributed by atoms with Crippen molar-refractivity contribution in [1.29, 1.82) is 0 Å². The van der Waals surface area contributed by atoms with Crippen LogP contribution >= 0.6 is 15.9 Å². The summed E-state index contributed by atoms with van der Waals surface area (Å²) in [5.74, 6) is 0.283. The number of ketones is 1. The Kier molecular flexibility index (Phi) is 5.02. The van der Waals surface area contributed by atoms with E-state index in [1.165, 1.54) is 12.8 Å². The number of nitrogens with two attached hydrogens (primary N) is 1. The Labute approximate surface area is 129 Å². The molecule has 20 heavy (non-hydrogen) atoms. The molecule has 1 aromatic rings. The summed E-state index contributed by atoms with van der Waals surface area (Å²) >= 11 is 3.54. The number of aromatic nitrogens is 2. The first-order valence-electron chi connectivity index (χ1n) is 7.41. The van der Waals surface area contributed by atoms with Crippen LogP contribution in [0.4, 0.5) is 0 Å². The fraction of sp³-hybridized carbons (Fsp3) is 0.733. The number of aryl methyl sites for hydroxylation is 2. The Morgan fingerprint density at radius 1 is 1.35 bits per heavy atom. The van der Waals surface area contributed by atoms with Crippen LogP contribution in [0.15, 0.2) is 4.47 Å². The van der Waals surface area contributed by atoms with Crippen molar-refractivity contribution in [2.75, 3.05) is 6.54 Å². The highest BCUT2D eigenvalue weighted by molar-refractivity contribution is 9.10. The molecule has 1 aromatic heterocycles. The number of hydrogen-bond donors (Lipinski definition) is 1. The van der Waals surface area contributed by atoms with Crippen LogP contribution in [0.1, 0.15) is 49.9 Å². The molecule has 1 saturated carbocycles. The second-order valence-corrected chi connectivity index (χ2v) is 6.76. The quantitative estimate of drug-likeness (QED) is 0.856. The van der Waals surface area contributed by atoms with Gasteiger partial charge in [0.2, 0.25) is 0 Å². The predicted octanol–water partition coefficient (Wildman–Crippen LogP) is 2.90. The van der Waals surface area contributed by atoms with Gasteiger partial charge < -0.3 is 5.73 Å². The molecule has 0 aromatic carbocycles. The molecule has 2 rings (SSSR count). The Morgan fingerprint density at radius 2 is 1.95 bits per heavy atom. The van der Waals surface area contributed by atoms with Crippen molar-refractivity contribution in [3.05, 3.63) is 15.9 Å². The van der Waals surface area contributed by atoms with Crippen LogP contribution in [0.5, 0.6) is 0 Å². The smallest absolute Gasteiger partial charge is 0.146 e. The van der Waals surface area contributed by atoms with Gasteiger partial charge in [-0.05, 0) is 35.7 Å².